The van der Waals surface area contributed by atoms with Gasteiger partial charge in [-0.15, -0.1) is 0 Å². The third-order valence-corrected chi connectivity index (χ3v) is 4.85. The number of benzene rings is 1. The van der Waals surface area contributed by atoms with E-state index in [0.717, 1.165) is 34.3 Å². The van der Waals surface area contributed by atoms with E-state index in [0.29, 0.717) is 13.1 Å². The molecule has 0 unspecified atom stereocenters. The standard InChI is InChI=1S/C18H25N3O2/c1-11-5-6-12(2)18-17(11)15(22)7-13(19-18)8-21-9-14(20(3)4)16(23)10-21/h5-7,14,16,23H,8-10H2,1-4H3,(H,19,22)/t14-,16-/m1/s1. The number of hydrogen-bond acceptors (Lipinski definition) is 4. The second kappa shape index (κ2) is 6.07. The third kappa shape index (κ3) is 3.04. The van der Waals surface area contributed by atoms with Crippen LogP contribution in [0.25, 0.3) is 10.9 Å². The minimum absolute atomic E-state index is 0.0684. The van der Waals surface area contributed by atoms with Crippen LogP contribution in [0.4, 0.5) is 0 Å². The van der Waals surface area contributed by atoms with Gasteiger partial charge in [-0.2, -0.15) is 0 Å². The van der Waals surface area contributed by atoms with Crippen LogP contribution >= 0.6 is 0 Å². The maximum Gasteiger partial charge on any atom is 0.189 e. The van der Waals surface area contributed by atoms with Crippen molar-refractivity contribution in [3.05, 3.63) is 45.2 Å². The Morgan fingerprint density at radius 2 is 1.96 bits per heavy atom. The number of likely N-dealkylation sites (N-methyl/N-ethyl adjacent to an activating group) is 1. The number of β-amino-alcohol motifs (C(OH)–C–C–N with tert-alkyl or cyclic N) is 1. The molecule has 1 fully saturated rings. The zero-order chi connectivity index (χ0) is 16.7. The molecule has 0 aliphatic carbocycles. The predicted octanol–water partition coefficient (Wildman–Crippen LogP) is 1.25. The number of pyridine rings is 1. The number of aliphatic hydroxyl groups excluding tert-OH is 1. The molecule has 0 spiro atoms. The number of rotatable bonds is 3. The second-order valence-corrected chi connectivity index (χ2v) is 6.90. The van der Waals surface area contributed by atoms with Crippen LogP contribution in [0.1, 0.15) is 16.8 Å². The fourth-order valence-electron chi connectivity index (χ4n) is 3.53. The number of aromatic amines is 1. The van der Waals surface area contributed by atoms with Crippen molar-refractivity contribution in [3.63, 3.8) is 0 Å². The maximum atomic E-state index is 12.5. The molecule has 5 nitrogen and oxygen atoms in total. The van der Waals surface area contributed by atoms with Crippen LogP contribution in [0.2, 0.25) is 0 Å². The summed E-state index contributed by atoms with van der Waals surface area (Å²) in [6, 6.07) is 5.88. The van der Waals surface area contributed by atoms with Crippen LogP contribution in [0, 0.1) is 13.8 Å². The Balaban J connectivity index is 1.90. The first-order valence-corrected chi connectivity index (χ1v) is 8.06. The summed E-state index contributed by atoms with van der Waals surface area (Å²) in [4.78, 5) is 20.2. The minimum Gasteiger partial charge on any atom is -0.390 e. The number of aliphatic hydroxyl groups is 1. The molecule has 0 radical (unpaired) electrons. The molecule has 5 heteroatoms. The SMILES string of the molecule is Cc1ccc(C)c2c(=O)cc(CN3C[C@@H](O)[C@H](N(C)C)C3)[nH]c12. The number of aryl methyl sites for hydroxylation is 2. The molecule has 0 bridgehead atoms. The Morgan fingerprint density at radius 3 is 2.61 bits per heavy atom. The molecule has 1 aliphatic rings. The second-order valence-electron chi connectivity index (χ2n) is 6.90. The molecule has 1 saturated heterocycles. The Hall–Kier alpha value is -1.69. The van der Waals surface area contributed by atoms with Gasteiger partial charge in [-0.1, -0.05) is 12.1 Å². The summed E-state index contributed by atoms with van der Waals surface area (Å²) in [5, 5.41) is 10.9. The highest BCUT2D eigenvalue weighted by Gasteiger charge is 2.32. The molecule has 1 aliphatic heterocycles. The summed E-state index contributed by atoms with van der Waals surface area (Å²) < 4.78 is 0. The van der Waals surface area contributed by atoms with E-state index in [1.54, 1.807) is 6.07 Å². The summed E-state index contributed by atoms with van der Waals surface area (Å²) in [7, 11) is 3.98. The number of likely N-dealkylation sites (tertiary alicyclic amines) is 1. The first kappa shape index (κ1) is 16.2. The monoisotopic (exact) mass is 315 g/mol. The summed E-state index contributed by atoms with van der Waals surface area (Å²) in [5.74, 6) is 0. The molecule has 2 atom stereocenters. The van der Waals surface area contributed by atoms with Crippen molar-refractivity contribution in [1.29, 1.82) is 0 Å². The smallest absolute Gasteiger partial charge is 0.189 e. The van der Waals surface area contributed by atoms with Gasteiger partial charge in [-0.3, -0.25) is 9.69 Å². The molecule has 0 amide bonds. The molecule has 2 aromatic rings. The van der Waals surface area contributed by atoms with Gasteiger partial charge in [-0.05, 0) is 39.1 Å². The van der Waals surface area contributed by atoms with Gasteiger partial charge < -0.3 is 15.0 Å². The van der Waals surface area contributed by atoms with Crippen LogP contribution in [-0.2, 0) is 6.54 Å². The van der Waals surface area contributed by atoms with E-state index in [-0.39, 0.29) is 17.6 Å². The minimum atomic E-state index is -0.346. The van der Waals surface area contributed by atoms with E-state index in [9.17, 15) is 9.90 Å². The van der Waals surface area contributed by atoms with Gasteiger partial charge in [0.2, 0.25) is 0 Å². The Bertz CT molecular complexity index is 782. The summed E-state index contributed by atoms with van der Waals surface area (Å²) in [6.07, 6.45) is -0.346. The average Bonchev–Trinajstić information content (AvgIpc) is 2.83. The largest absolute Gasteiger partial charge is 0.390 e. The van der Waals surface area contributed by atoms with Gasteiger partial charge >= 0.3 is 0 Å². The number of nitrogens with zero attached hydrogens (tertiary/aromatic N) is 2. The van der Waals surface area contributed by atoms with Crippen LogP contribution in [0.3, 0.4) is 0 Å². The van der Waals surface area contributed by atoms with E-state index < -0.39 is 0 Å². The zero-order valence-electron chi connectivity index (χ0n) is 14.3. The van der Waals surface area contributed by atoms with E-state index in [1.807, 2.05) is 40.1 Å². The van der Waals surface area contributed by atoms with Crippen molar-refractivity contribution in [2.24, 2.45) is 0 Å². The summed E-state index contributed by atoms with van der Waals surface area (Å²) >= 11 is 0. The number of nitrogens with one attached hydrogen (secondary N) is 1. The first-order chi connectivity index (χ1) is 10.9. The van der Waals surface area contributed by atoms with Gasteiger partial charge in [0, 0.05) is 42.8 Å². The highest BCUT2D eigenvalue weighted by Crippen LogP contribution is 2.20. The van der Waals surface area contributed by atoms with Crippen molar-refractivity contribution in [1.82, 2.24) is 14.8 Å². The van der Waals surface area contributed by atoms with Crippen LogP contribution in [0.15, 0.2) is 23.0 Å². The molecule has 0 saturated carbocycles. The molecule has 2 N–H and O–H groups in total. The molecule has 124 valence electrons. The normalized spacial score (nSPS) is 22.3. The quantitative estimate of drug-likeness (QED) is 0.895. The number of hydrogen-bond donors (Lipinski definition) is 2. The van der Waals surface area contributed by atoms with E-state index in [2.05, 4.69) is 14.8 Å². The highest BCUT2D eigenvalue weighted by molar-refractivity contribution is 5.84. The lowest BCUT2D eigenvalue weighted by Crippen LogP contribution is -2.37. The molecule has 23 heavy (non-hydrogen) atoms. The fourth-order valence-corrected chi connectivity index (χ4v) is 3.53. The molecule has 2 heterocycles. The molecular weight excluding hydrogens is 290 g/mol. The van der Waals surface area contributed by atoms with E-state index in [4.69, 9.17) is 0 Å². The van der Waals surface area contributed by atoms with Crippen molar-refractivity contribution < 1.29 is 5.11 Å². The van der Waals surface area contributed by atoms with Crippen molar-refractivity contribution in [3.8, 4) is 0 Å². The average molecular weight is 315 g/mol. The number of H-pyrrole nitrogens is 1. The first-order valence-electron chi connectivity index (χ1n) is 8.06. The van der Waals surface area contributed by atoms with Gasteiger partial charge in [0.15, 0.2) is 5.43 Å². The molecular formula is C18H25N3O2. The lowest BCUT2D eigenvalue weighted by molar-refractivity contribution is 0.112. The van der Waals surface area contributed by atoms with Gasteiger partial charge in [-0.25, -0.2) is 0 Å². The lowest BCUT2D eigenvalue weighted by atomic mass is 10.0. The van der Waals surface area contributed by atoms with Gasteiger partial charge in [0.05, 0.1) is 11.6 Å². The Labute approximate surface area is 136 Å². The predicted molar refractivity (Wildman–Crippen MR) is 92.8 cm³/mol. The van der Waals surface area contributed by atoms with Crippen LogP contribution in [-0.4, -0.2) is 59.2 Å². The lowest BCUT2D eigenvalue weighted by Gasteiger charge is -2.21. The van der Waals surface area contributed by atoms with Crippen molar-refractivity contribution >= 4 is 10.9 Å². The van der Waals surface area contributed by atoms with Gasteiger partial charge in [0.25, 0.3) is 0 Å². The summed E-state index contributed by atoms with van der Waals surface area (Å²) in [6.45, 7) is 6.08. The zero-order valence-corrected chi connectivity index (χ0v) is 14.3. The molecule has 1 aromatic heterocycles. The Morgan fingerprint density at radius 1 is 1.26 bits per heavy atom. The van der Waals surface area contributed by atoms with E-state index in [1.165, 1.54) is 0 Å². The third-order valence-electron chi connectivity index (χ3n) is 4.85. The molecule has 3 rings (SSSR count). The van der Waals surface area contributed by atoms with Crippen LogP contribution < -0.4 is 5.43 Å². The van der Waals surface area contributed by atoms with Crippen molar-refractivity contribution in [2.75, 3.05) is 27.2 Å². The van der Waals surface area contributed by atoms with Gasteiger partial charge in [0.1, 0.15) is 0 Å². The molecule has 1 aromatic carbocycles. The van der Waals surface area contributed by atoms with E-state index >= 15 is 0 Å². The van der Waals surface area contributed by atoms with Crippen LogP contribution in [0.5, 0.6) is 0 Å². The number of fused-ring (bicyclic) bond motifs is 1. The topological polar surface area (TPSA) is 59.6 Å². The maximum absolute atomic E-state index is 12.5. The number of aromatic nitrogens is 1. The highest BCUT2D eigenvalue weighted by atomic mass is 16.3. The fraction of sp³-hybridized carbons (Fsp3) is 0.500. The Kier molecular flexibility index (Phi) is 4.27. The summed E-state index contributed by atoms with van der Waals surface area (Å²) in [5.41, 5.74) is 3.98. The van der Waals surface area contributed by atoms with Crippen molar-refractivity contribution in [2.45, 2.75) is 32.5 Å².